The van der Waals surface area contributed by atoms with Gasteiger partial charge < -0.3 is 15.4 Å². The van der Waals surface area contributed by atoms with Crippen molar-refractivity contribution in [1.29, 1.82) is 0 Å². The van der Waals surface area contributed by atoms with Crippen LogP contribution >= 0.6 is 0 Å². The van der Waals surface area contributed by atoms with E-state index in [1.54, 1.807) is 32.9 Å². The van der Waals surface area contributed by atoms with Gasteiger partial charge in [-0.1, -0.05) is 37.6 Å². The Morgan fingerprint density at radius 3 is 2.10 bits per heavy atom. The Hall–Kier alpha value is -3.01. The van der Waals surface area contributed by atoms with Crippen molar-refractivity contribution in [3.05, 3.63) is 35.4 Å². The van der Waals surface area contributed by atoms with Gasteiger partial charge in [0.05, 0.1) is 0 Å². The molecule has 3 amide bonds. The van der Waals surface area contributed by atoms with Crippen LogP contribution in [0, 0.1) is 12.5 Å². The SMILES string of the molecule is C#CN(C(=O)C(C)NC(=O)OC(C)(C)C)C(C(=O)NC(C)C)c1ccc(CC)cc1. The van der Waals surface area contributed by atoms with Crippen molar-refractivity contribution in [1.82, 2.24) is 15.5 Å². The number of hydrogen-bond acceptors (Lipinski definition) is 4. The number of ether oxygens (including phenoxy) is 1. The van der Waals surface area contributed by atoms with Gasteiger partial charge in [0.2, 0.25) is 5.91 Å². The number of amides is 3. The molecule has 7 heteroatoms. The summed E-state index contributed by atoms with van der Waals surface area (Å²) in [7, 11) is 0. The van der Waals surface area contributed by atoms with Crippen molar-refractivity contribution in [3.8, 4) is 12.5 Å². The molecule has 0 radical (unpaired) electrons. The van der Waals surface area contributed by atoms with E-state index in [1.165, 1.54) is 6.92 Å². The lowest BCUT2D eigenvalue weighted by atomic mass is 10.0. The van der Waals surface area contributed by atoms with Crippen molar-refractivity contribution in [2.45, 2.75) is 78.6 Å². The van der Waals surface area contributed by atoms with E-state index >= 15 is 0 Å². The summed E-state index contributed by atoms with van der Waals surface area (Å²) in [5.41, 5.74) is 0.973. The zero-order chi connectivity index (χ0) is 23.1. The summed E-state index contributed by atoms with van der Waals surface area (Å²) >= 11 is 0. The molecule has 30 heavy (non-hydrogen) atoms. The van der Waals surface area contributed by atoms with Crippen LogP contribution < -0.4 is 10.6 Å². The van der Waals surface area contributed by atoms with Crippen LogP contribution in [0.4, 0.5) is 4.79 Å². The Kier molecular flexibility index (Phi) is 8.91. The molecule has 0 fully saturated rings. The van der Waals surface area contributed by atoms with E-state index < -0.39 is 35.6 Å². The summed E-state index contributed by atoms with van der Waals surface area (Å²) in [4.78, 5) is 39.0. The minimum atomic E-state index is -1.03. The van der Waals surface area contributed by atoms with E-state index in [-0.39, 0.29) is 6.04 Å². The Balaban J connectivity index is 3.17. The number of carbonyl (C=O) groups excluding carboxylic acids is 3. The molecule has 0 saturated carbocycles. The lowest BCUT2D eigenvalue weighted by molar-refractivity contribution is -0.138. The van der Waals surface area contributed by atoms with Gasteiger partial charge in [0, 0.05) is 12.1 Å². The smallest absolute Gasteiger partial charge is 0.408 e. The minimum absolute atomic E-state index is 0.137. The van der Waals surface area contributed by atoms with Crippen LogP contribution in [0.25, 0.3) is 0 Å². The first-order valence-corrected chi connectivity index (χ1v) is 10.1. The third-order valence-electron chi connectivity index (χ3n) is 4.12. The zero-order valence-electron chi connectivity index (χ0n) is 18.9. The maximum atomic E-state index is 13.0. The number of alkyl carbamates (subject to hydrolysis) is 1. The van der Waals surface area contributed by atoms with Crippen LogP contribution in [0.5, 0.6) is 0 Å². The summed E-state index contributed by atoms with van der Waals surface area (Å²) in [5.74, 6) is -0.989. The second-order valence-corrected chi connectivity index (χ2v) is 8.37. The van der Waals surface area contributed by atoms with E-state index in [9.17, 15) is 14.4 Å². The standard InChI is InChI=1S/C23H33N3O4/c1-9-17-11-13-18(14-12-17)19(20(27)24-15(3)4)26(10-2)21(28)16(5)25-22(29)30-23(6,7)8/h2,11-16,19H,9H2,1,3-8H3,(H,24,27)(H,25,29). The molecule has 2 unspecified atom stereocenters. The minimum Gasteiger partial charge on any atom is -0.444 e. The van der Waals surface area contributed by atoms with Gasteiger partial charge in [0.15, 0.2) is 0 Å². The van der Waals surface area contributed by atoms with Gasteiger partial charge in [-0.3, -0.25) is 14.5 Å². The van der Waals surface area contributed by atoms with Gasteiger partial charge in [0.25, 0.3) is 5.91 Å². The Bertz CT molecular complexity index is 788. The van der Waals surface area contributed by atoms with Crippen LogP contribution in [0.15, 0.2) is 24.3 Å². The first-order valence-electron chi connectivity index (χ1n) is 10.1. The van der Waals surface area contributed by atoms with E-state index in [0.29, 0.717) is 5.56 Å². The summed E-state index contributed by atoms with van der Waals surface area (Å²) in [5, 5.41) is 5.29. The summed E-state index contributed by atoms with van der Waals surface area (Å²) < 4.78 is 5.19. The average Bonchev–Trinajstić information content (AvgIpc) is 2.63. The molecule has 1 rings (SSSR count). The molecule has 0 heterocycles. The molecular formula is C23H33N3O4. The third-order valence-corrected chi connectivity index (χ3v) is 4.12. The van der Waals surface area contributed by atoms with Crippen LogP contribution in [0.1, 0.15) is 65.6 Å². The van der Waals surface area contributed by atoms with Crippen molar-refractivity contribution < 1.29 is 19.1 Å². The van der Waals surface area contributed by atoms with Gasteiger partial charge in [-0.15, -0.1) is 0 Å². The number of nitrogens with one attached hydrogen (secondary N) is 2. The molecule has 0 aliphatic carbocycles. The second-order valence-electron chi connectivity index (χ2n) is 8.37. The molecule has 0 spiro atoms. The molecule has 2 N–H and O–H groups in total. The number of aryl methyl sites for hydroxylation is 1. The third kappa shape index (κ3) is 7.43. The quantitative estimate of drug-likeness (QED) is 0.529. The molecule has 7 nitrogen and oxygen atoms in total. The second kappa shape index (κ2) is 10.7. The van der Waals surface area contributed by atoms with Crippen molar-refractivity contribution in [2.24, 2.45) is 0 Å². The maximum absolute atomic E-state index is 13.0. The average molecular weight is 416 g/mol. The first-order chi connectivity index (χ1) is 13.9. The first kappa shape index (κ1) is 25.0. The highest BCUT2D eigenvalue weighted by molar-refractivity contribution is 5.93. The molecule has 1 aromatic rings. The van der Waals surface area contributed by atoms with Gasteiger partial charge in [0.1, 0.15) is 17.7 Å². The van der Waals surface area contributed by atoms with Gasteiger partial charge in [-0.05, 0) is 59.1 Å². The number of carbonyl (C=O) groups is 3. The van der Waals surface area contributed by atoms with Crippen LogP contribution in [-0.4, -0.2) is 40.5 Å². The highest BCUT2D eigenvalue weighted by atomic mass is 16.6. The predicted octanol–water partition coefficient (Wildman–Crippen LogP) is 3.15. The Morgan fingerprint density at radius 2 is 1.67 bits per heavy atom. The monoisotopic (exact) mass is 415 g/mol. The van der Waals surface area contributed by atoms with Crippen molar-refractivity contribution in [2.75, 3.05) is 0 Å². The highest BCUT2D eigenvalue weighted by Crippen LogP contribution is 2.23. The highest BCUT2D eigenvalue weighted by Gasteiger charge is 2.34. The van der Waals surface area contributed by atoms with Crippen LogP contribution in [-0.2, 0) is 20.7 Å². The fourth-order valence-corrected chi connectivity index (χ4v) is 2.74. The molecule has 0 bridgehead atoms. The van der Waals surface area contributed by atoms with E-state index in [4.69, 9.17) is 11.2 Å². The largest absolute Gasteiger partial charge is 0.444 e. The van der Waals surface area contributed by atoms with E-state index in [2.05, 4.69) is 16.7 Å². The van der Waals surface area contributed by atoms with Crippen LogP contribution in [0.3, 0.4) is 0 Å². The van der Waals surface area contributed by atoms with Crippen molar-refractivity contribution >= 4 is 17.9 Å². The normalized spacial score (nSPS) is 13.0. The van der Waals surface area contributed by atoms with Crippen molar-refractivity contribution in [3.63, 3.8) is 0 Å². The fraction of sp³-hybridized carbons (Fsp3) is 0.522. The lowest BCUT2D eigenvalue weighted by Gasteiger charge is -2.29. The van der Waals surface area contributed by atoms with E-state index in [0.717, 1.165) is 16.9 Å². The Labute approximate surface area is 179 Å². The fourth-order valence-electron chi connectivity index (χ4n) is 2.74. The molecule has 164 valence electrons. The molecular weight excluding hydrogens is 382 g/mol. The molecule has 0 saturated heterocycles. The molecule has 1 aromatic carbocycles. The summed E-state index contributed by atoms with van der Waals surface area (Å²) in [6.45, 7) is 12.3. The maximum Gasteiger partial charge on any atom is 0.408 e. The van der Waals surface area contributed by atoms with Crippen LogP contribution in [0.2, 0.25) is 0 Å². The molecule has 0 aliphatic heterocycles. The summed E-state index contributed by atoms with van der Waals surface area (Å²) in [6, 6.07) is 7.52. The molecule has 0 aliphatic rings. The van der Waals surface area contributed by atoms with Gasteiger partial charge in [-0.2, -0.15) is 0 Å². The Morgan fingerprint density at radius 1 is 1.10 bits per heavy atom. The molecule has 0 aromatic heterocycles. The van der Waals surface area contributed by atoms with Gasteiger partial charge >= 0.3 is 6.09 Å². The topological polar surface area (TPSA) is 87.7 Å². The number of nitrogens with zero attached hydrogens (tertiary/aromatic N) is 1. The molecule has 2 atom stereocenters. The number of benzene rings is 1. The van der Waals surface area contributed by atoms with Gasteiger partial charge in [-0.25, -0.2) is 4.79 Å². The predicted molar refractivity (Wildman–Crippen MR) is 116 cm³/mol. The summed E-state index contributed by atoms with van der Waals surface area (Å²) in [6.07, 6.45) is 5.74. The number of terminal acetylenes is 1. The van der Waals surface area contributed by atoms with E-state index in [1.807, 2.05) is 32.9 Å². The zero-order valence-corrected chi connectivity index (χ0v) is 18.9. The number of hydrogen-bond donors (Lipinski definition) is 2. The lowest BCUT2D eigenvalue weighted by Crippen LogP contribution is -2.50. The number of rotatable bonds is 7.